The highest BCUT2D eigenvalue weighted by Gasteiger charge is 2.22. The zero-order valence-electron chi connectivity index (χ0n) is 15.9. The molecule has 0 saturated carbocycles. The van der Waals surface area contributed by atoms with Crippen LogP contribution in [0.3, 0.4) is 0 Å². The van der Waals surface area contributed by atoms with E-state index in [0.717, 1.165) is 15.5 Å². The molecule has 4 heteroatoms. The SMILES string of the molecule is Brc1ccc2[nH]cc(C(COCc3ccccc3)c3c[nH]c4ccccc34)c2c1. The van der Waals surface area contributed by atoms with Crippen LogP contribution < -0.4 is 0 Å². The number of rotatable bonds is 6. The van der Waals surface area contributed by atoms with Gasteiger partial charge in [-0.1, -0.05) is 64.5 Å². The summed E-state index contributed by atoms with van der Waals surface area (Å²) in [5.41, 5.74) is 5.98. The molecule has 1 atom stereocenters. The number of hydrogen-bond acceptors (Lipinski definition) is 1. The van der Waals surface area contributed by atoms with Gasteiger partial charge in [-0.2, -0.15) is 0 Å². The van der Waals surface area contributed by atoms with E-state index in [1.807, 2.05) is 18.2 Å². The lowest BCUT2D eigenvalue weighted by Gasteiger charge is -2.17. The Labute approximate surface area is 177 Å². The maximum absolute atomic E-state index is 6.22. The van der Waals surface area contributed by atoms with E-state index in [1.54, 1.807) is 0 Å². The smallest absolute Gasteiger partial charge is 0.0717 e. The van der Waals surface area contributed by atoms with Crippen LogP contribution in [0.1, 0.15) is 22.6 Å². The van der Waals surface area contributed by atoms with E-state index in [4.69, 9.17) is 4.74 Å². The van der Waals surface area contributed by atoms with E-state index in [9.17, 15) is 0 Å². The molecule has 0 aliphatic rings. The molecule has 2 N–H and O–H groups in total. The molecular weight excluding hydrogens is 424 g/mol. The summed E-state index contributed by atoms with van der Waals surface area (Å²) in [6.45, 7) is 1.21. The maximum atomic E-state index is 6.22. The van der Waals surface area contributed by atoms with Crippen molar-refractivity contribution in [3.05, 3.63) is 106 Å². The second-order valence-corrected chi connectivity index (χ2v) is 8.19. The number of aromatic nitrogens is 2. The predicted octanol–water partition coefficient (Wildman–Crippen LogP) is 6.76. The molecule has 3 nitrogen and oxygen atoms in total. The number of fused-ring (bicyclic) bond motifs is 2. The number of aromatic amines is 2. The highest BCUT2D eigenvalue weighted by molar-refractivity contribution is 9.10. The molecule has 0 spiro atoms. The summed E-state index contributed by atoms with van der Waals surface area (Å²) in [6.07, 6.45) is 4.24. The lowest BCUT2D eigenvalue weighted by atomic mass is 9.91. The van der Waals surface area contributed by atoms with Gasteiger partial charge in [0.25, 0.3) is 0 Å². The average molecular weight is 445 g/mol. The Morgan fingerprint density at radius 2 is 1.45 bits per heavy atom. The molecule has 2 aromatic heterocycles. The molecule has 0 bridgehead atoms. The third-order valence-electron chi connectivity index (χ3n) is 5.44. The Bertz CT molecular complexity index is 1260. The minimum atomic E-state index is 0.123. The highest BCUT2D eigenvalue weighted by atomic mass is 79.9. The van der Waals surface area contributed by atoms with Gasteiger partial charge in [0, 0.05) is 44.6 Å². The van der Waals surface area contributed by atoms with Crippen molar-refractivity contribution in [3.8, 4) is 0 Å². The van der Waals surface area contributed by atoms with Crippen molar-refractivity contribution in [3.63, 3.8) is 0 Å². The Kier molecular flexibility index (Phi) is 4.96. The van der Waals surface area contributed by atoms with Crippen molar-refractivity contribution in [2.75, 3.05) is 6.61 Å². The van der Waals surface area contributed by atoms with Gasteiger partial charge in [0.15, 0.2) is 0 Å². The van der Waals surface area contributed by atoms with E-state index in [0.29, 0.717) is 13.2 Å². The predicted molar refractivity (Wildman–Crippen MR) is 122 cm³/mol. The zero-order chi connectivity index (χ0) is 19.6. The van der Waals surface area contributed by atoms with Crippen LogP contribution in [0.4, 0.5) is 0 Å². The van der Waals surface area contributed by atoms with Gasteiger partial charge in [-0.3, -0.25) is 0 Å². The topological polar surface area (TPSA) is 40.8 Å². The van der Waals surface area contributed by atoms with Crippen LogP contribution in [0.2, 0.25) is 0 Å². The zero-order valence-corrected chi connectivity index (χ0v) is 17.4. The number of para-hydroxylation sites is 1. The monoisotopic (exact) mass is 444 g/mol. The quantitative estimate of drug-likeness (QED) is 0.298. The van der Waals surface area contributed by atoms with Gasteiger partial charge >= 0.3 is 0 Å². The van der Waals surface area contributed by atoms with Crippen LogP contribution in [-0.2, 0) is 11.3 Å². The van der Waals surface area contributed by atoms with Crippen LogP contribution >= 0.6 is 15.9 Å². The summed E-state index contributed by atoms with van der Waals surface area (Å²) < 4.78 is 7.30. The average Bonchev–Trinajstić information content (AvgIpc) is 3.36. The van der Waals surface area contributed by atoms with E-state index in [-0.39, 0.29) is 5.92 Å². The summed E-state index contributed by atoms with van der Waals surface area (Å²) in [7, 11) is 0. The number of hydrogen-bond donors (Lipinski definition) is 2. The minimum Gasteiger partial charge on any atom is -0.376 e. The van der Waals surface area contributed by atoms with E-state index < -0.39 is 0 Å². The molecule has 1 unspecified atom stereocenters. The van der Waals surface area contributed by atoms with Crippen molar-refractivity contribution in [1.29, 1.82) is 0 Å². The number of H-pyrrole nitrogens is 2. The van der Waals surface area contributed by atoms with Crippen molar-refractivity contribution in [1.82, 2.24) is 9.97 Å². The van der Waals surface area contributed by atoms with Gasteiger partial charge in [-0.15, -0.1) is 0 Å². The van der Waals surface area contributed by atoms with Crippen LogP contribution in [0.5, 0.6) is 0 Å². The summed E-state index contributed by atoms with van der Waals surface area (Å²) in [5, 5.41) is 2.46. The Morgan fingerprint density at radius 1 is 0.759 bits per heavy atom. The second-order valence-electron chi connectivity index (χ2n) is 7.28. The van der Waals surface area contributed by atoms with Crippen molar-refractivity contribution >= 4 is 37.7 Å². The normalized spacial score (nSPS) is 12.6. The molecule has 0 radical (unpaired) electrons. The molecule has 3 aromatic carbocycles. The first kappa shape index (κ1) is 18.2. The summed E-state index contributed by atoms with van der Waals surface area (Å²) >= 11 is 3.62. The molecule has 29 heavy (non-hydrogen) atoms. The Morgan fingerprint density at radius 3 is 2.28 bits per heavy atom. The van der Waals surface area contributed by atoms with E-state index in [1.165, 1.54) is 27.5 Å². The molecule has 0 amide bonds. The molecule has 0 saturated heterocycles. The molecule has 5 aromatic rings. The molecule has 5 rings (SSSR count). The molecule has 0 fully saturated rings. The first-order valence-electron chi connectivity index (χ1n) is 9.74. The van der Waals surface area contributed by atoms with Crippen LogP contribution in [0.25, 0.3) is 21.8 Å². The summed E-state index contributed by atoms with van der Waals surface area (Å²) in [4.78, 5) is 6.85. The third kappa shape index (κ3) is 3.61. The van der Waals surface area contributed by atoms with Gasteiger partial charge in [-0.25, -0.2) is 0 Å². The standard InChI is InChI=1S/C25H21BrN2O/c26-18-10-11-25-20(12-18)22(14-28-25)23(16-29-15-17-6-2-1-3-7-17)21-13-27-24-9-5-4-8-19(21)24/h1-14,23,27-28H,15-16H2. The largest absolute Gasteiger partial charge is 0.376 e. The van der Waals surface area contributed by atoms with Crippen LogP contribution in [0, 0.1) is 0 Å². The second kappa shape index (κ2) is 7.90. The van der Waals surface area contributed by atoms with Gasteiger partial charge in [0.2, 0.25) is 0 Å². The van der Waals surface area contributed by atoms with Gasteiger partial charge < -0.3 is 14.7 Å². The van der Waals surface area contributed by atoms with Crippen molar-refractivity contribution in [2.24, 2.45) is 0 Å². The fraction of sp³-hybridized carbons (Fsp3) is 0.120. The molecule has 0 aliphatic heterocycles. The first-order chi connectivity index (χ1) is 14.3. The van der Waals surface area contributed by atoms with Gasteiger partial charge in [0.1, 0.15) is 0 Å². The van der Waals surface area contributed by atoms with Crippen LogP contribution in [0.15, 0.2) is 89.7 Å². The molecule has 0 aliphatic carbocycles. The van der Waals surface area contributed by atoms with Crippen LogP contribution in [-0.4, -0.2) is 16.6 Å². The number of halogens is 1. The fourth-order valence-electron chi connectivity index (χ4n) is 4.00. The minimum absolute atomic E-state index is 0.123. The number of benzene rings is 3. The molecular formula is C25H21BrN2O. The van der Waals surface area contributed by atoms with E-state index >= 15 is 0 Å². The highest BCUT2D eigenvalue weighted by Crippen LogP contribution is 2.36. The maximum Gasteiger partial charge on any atom is 0.0717 e. The number of nitrogens with one attached hydrogen (secondary N) is 2. The fourth-order valence-corrected chi connectivity index (χ4v) is 4.36. The summed E-state index contributed by atoms with van der Waals surface area (Å²) in [6, 6.07) is 25.1. The van der Waals surface area contributed by atoms with Crippen molar-refractivity contribution < 1.29 is 4.74 Å². The molecule has 144 valence electrons. The Balaban J connectivity index is 1.54. The van der Waals surface area contributed by atoms with Gasteiger partial charge in [-0.05, 0) is 41.0 Å². The number of ether oxygens (including phenoxy) is 1. The van der Waals surface area contributed by atoms with Crippen molar-refractivity contribution in [2.45, 2.75) is 12.5 Å². The lowest BCUT2D eigenvalue weighted by molar-refractivity contribution is 0.114. The van der Waals surface area contributed by atoms with Gasteiger partial charge in [0.05, 0.1) is 13.2 Å². The first-order valence-corrected chi connectivity index (χ1v) is 10.5. The molecule has 2 heterocycles. The lowest BCUT2D eigenvalue weighted by Crippen LogP contribution is -2.09. The summed E-state index contributed by atoms with van der Waals surface area (Å²) in [5.74, 6) is 0.123. The third-order valence-corrected chi connectivity index (χ3v) is 5.94. The van der Waals surface area contributed by atoms with E-state index in [2.05, 4.69) is 92.9 Å². The Hall–Kier alpha value is -2.82.